The van der Waals surface area contributed by atoms with Crippen molar-refractivity contribution >= 4 is 34.9 Å². The van der Waals surface area contributed by atoms with Crippen LogP contribution in [0.15, 0.2) is 42.6 Å². The van der Waals surface area contributed by atoms with Crippen molar-refractivity contribution in [3.8, 4) is 0 Å². The Balaban J connectivity index is 1.79. The maximum Gasteiger partial charge on any atom is 0.338 e. The molecule has 0 fully saturated rings. The molecule has 0 aliphatic carbocycles. The Hall–Kier alpha value is -2.87. The first-order chi connectivity index (χ1) is 12.0. The van der Waals surface area contributed by atoms with Gasteiger partial charge in [-0.3, -0.25) is 15.6 Å². The van der Waals surface area contributed by atoms with E-state index in [2.05, 4.69) is 16.2 Å². The van der Waals surface area contributed by atoms with Gasteiger partial charge in [0.2, 0.25) is 5.91 Å². The summed E-state index contributed by atoms with van der Waals surface area (Å²) in [4.78, 5) is 23.5. The number of aromatic nitrogens is 1. The summed E-state index contributed by atoms with van der Waals surface area (Å²) in [6.45, 7) is 2.08. The van der Waals surface area contributed by atoms with Crippen molar-refractivity contribution in [2.75, 3.05) is 11.9 Å². The predicted octanol–water partition coefficient (Wildman–Crippen LogP) is 1.76. The lowest BCUT2D eigenvalue weighted by Gasteiger charge is -2.12. The van der Waals surface area contributed by atoms with Crippen molar-refractivity contribution < 1.29 is 14.3 Å². The number of aryl methyl sites for hydroxylation is 1. The number of carbonyl (C=O) groups is 2. The summed E-state index contributed by atoms with van der Waals surface area (Å²) in [6, 6.07) is 10.4. The number of hydrogen-bond donors (Lipinski definition) is 3. The van der Waals surface area contributed by atoms with Crippen LogP contribution in [-0.4, -0.2) is 28.2 Å². The van der Waals surface area contributed by atoms with E-state index >= 15 is 0 Å². The van der Waals surface area contributed by atoms with E-state index in [4.69, 9.17) is 17.0 Å². The van der Waals surface area contributed by atoms with Crippen LogP contribution in [0.4, 0.5) is 5.69 Å². The fourth-order valence-electron chi connectivity index (χ4n) is 2.08. The van der Waals surface area contributed by atoms with Crippen LogP contribution in [0, 0.1) is 0 Å². The van der Waals surface area contributed by atoms with E-state index in [0.717, 1.165) is 5.69 Å². The molecule has 132 valence electrons. The van der Waals surface area contributed by atoms with Crippen LogP contribution in [0.25, 0.3) is 0 Å². The second kappa shape index (κ2) is 8.84. The van der Waals surface area contributed by atoms with Crippen LogP contribution < -0.4 is 16.2 Å². The molecule has 0 unspecified atom stereocenters. The zero-order chi connectivity index (χ0) is 18.2. The number of carbonyl (C=O) groups excluding carboxylic acids is 2. The number of rotatable bonds is 5. The molecule has 0 bridgehead atoms. The Bertz CT molecular complexity index is 756. The normalized spacial score (nSPS) is 10.0. The number of benzene rings is 1. The van der Waals surface area contributed by atoms with Gasteiger partial charge in [-0.05, 0) is 55.5 Å². The van der Waals surface area contributed by atoms with Gasteiger partial charge in [-0.25, -0.2) is 4.79 Å². The molecular formula is C17H20N4O3S. The number of ether oxygens (including phenoxy) is 1. The third-order valence-corrected chi connectivity index (χ3v) is 3.57. The summed E-state index contributed by atoms with van der Waals surface area (Å²) < 4.78 is 6.79. The SMILES string of the molecule is CCOC(=O)c1ccc(NC(=S)NNC(=O)Cc2cccn2C)cc1. The highest BCUT2D eigenvalue weighted by Crippen LogP contribution is 2.10. The minimum atomic E-state index is -0.373. The van der Waals surface area contributed by atoms with Crippen molar-refractivity contribution in [1.82, 2.24) is 15.4 Å². The van der Waals surface area contributed by atoms with Gasteiger partial charge >= 0.3 is 5.97 Å². The molecule has 1 aromatic heterocycles. The largest absolute Gasteiger partial charge is 0.462 e. The van der Waals surface area contributed by atoms with Crippen molar-refractivity contribution in [2.45, 2.75) is 13.3 Å². The first-order valence-electron chi connectivity index (χ1n) is 7.73. The maximum atomic E-state index is 11.9. The van der Waals surface area contributed by atoms with Crippen LogP contribution in [0.2, 0.25) is 0 Å². The second-order valence-corrected chi connectivity index (χ2v) is 5.62. The Morgan fingerprint density at radius 1 is 1.16 bits per heavy atom. The molecule has 0 spiro atoms. The number of thiocarbonyl (C=S) groups is 1. The molecule has 2 rings (SSSR count). The lowest BCUT2D eigenvalue weighted by molar-refractivity contribution is -0.121. The van der Waals surface area contributed by atoms with E-state index in [-0.39, 0.29) is 23.4 Å². The Morgan fingerprint density at radius 2 is 1.88 bits per heavy atom. The van der Waals surface area contributed by atoms with Gasteiger partial charge < -0.3 is 14.6 Å². The molecule has 0 aliphatic rings. The molecule has 1 amide bonds. The lowest BCUT2D eigenvalue weighted by atomic mass is 10.2. The van der Waals surface area contributed by atoms with Crippen LogP contribution in [0.3, 0.4) is 0 Å². The minimum Gasteiger partial charge on any atom is -0.462 e. The molecular weight excluding hydrogens is 340 g/mol. The highest BCUT2D eigenvalue weighted by atomic mass is 32.1. The summed E-state index contributed by atoms with van der Waals surface area (Å²) in [7, 11) is 1.88. The number of anilines is 1. The number of hydrazine groups is 1. The van der Waals surface area contributed by atoms with Gasteiger partial charge in [0, 0.05) is 24.6 Å². The molecule has 1 heterocycles. The second-order valence-electron chi connectivity index (χ2n) is 5.21. The van der Waals surface area contributed by atoms with Gasteiger partial charge in [0.15, 0.2) is 5.11 Å². The van der Waals surface area contributed by atoms with Crippen LogP contribution in [-0.2, 0) is 23.0 Å². The highest BCUT2D eigenvalue weighted by Gasteiger charge is 2.08. The first-order valence-corrected chi connectivity index (χ1v) is 8.13. The van der Waals surface area contributed by atoms with Gasteiger partial charge in [-0.15, -0.1) is 0 Å². The molecule has 7 nitrogen and oxygen atoms in total. The number of esters is 1. The monoisotopic (exact) mass is 360 g/mol. The fourth-order valence-corrected chi connectivity index (χ4v) is 2.25. The third kappa shape index (κ3) is 5.61. The molecule has 0 radical (unpaired) electrons. The standard InChI is InChI=1S/C17H20N4O3S/c1-3-24-16(23)12-6-8-13(9-7-12)18-17(25)20-19-15(22)11-14-5-4-10-21(14)2/h4-10H,3,11H2,1-2H3,(H,19,22)(H2,18,20,25). The summed E-state index contributed by atoms with van der Waals surface area (Å²) in [6.07, 6.45) is 2.12. The van der Waals surface area contributed by atoms with E-state index in [1.165, 1.54) is 0 Å². The van der Waals surface area contributed by atoms with Gasteiger partial charge in [0.05, 0.1) is 18.6 Å². The quantitative estimate of drug-likeness (QED) is 0.428. The zero-order valence-electron chi connectivity index (χ0n) is 14.0. The van der Waals surface area contributed by atoms with Gasteiger partial charge in [0.1, 0.15) is 0 Å². The fraction of sp³-hybridized carbons (Fsp3) is 0.235. The molecule has 25 heavy (non-hydrogen) atoms. The van der Waals surface area contributed by atoms with E-state index in [1.807, 2.05) is 29.9 Å². The van der Waals surface area contributed by atoms with Crippen molar-refractivity contribution in [2.24, 2.45) is 7.05 Å². The maximum absolute atomic E-state index is 11.9. The Labute approximate surface area is 151 Å². The van der Waals surface area contributed by atoms with E-state index < -0.39 is 0 Å². The molecule has 0 atom stereocenters. The number of nitrogens with one attached hydrogen (secondary N) is 3. The van der Waals surface area contributed by atoms with Gasteiger partial charge in [-0.2, -0.15) is 0 Å². The van der Waals surface area contributed by atoms with Gasteiger partial charge in [-0.1, -0.05) is 0 Å². The minimum absolute atomic E-state index is 0.205. The average molecular weight is 360 g/mol. The van der Waals surface area contributed by atoms with Crippen molar-refractivity contribution in [3.05, 3.63) is 53.9 Å². The number of hydrogen-bond acceptors (Lipinski definition) is 4. The highest BCUT2D eigenvalue weighted by molar-refractivity contribution is 7.80. The molecule has 0 saturated heterocycles. The molecule has 8 heteroatoms. The predicted molar refractivity (Wildman–Crippen MR) is 99.0 cm³/mol. The van der Waals surface area contributed by atoms with Gasteiger partial charge in [0.25, 0.3) is 0 Å². The van der Waals surface area contributed by atoms with E-state index in [9.17, 15) is 9.59 Å². The van der Waals surface area contributed by atoms with Crippen molar-refractivity contribution in [1.29, 1.82) is 0 Å². The molecule has 1 aromatic carbocycles. The lowest BCUT2D eigenvalue weighted by Crippen LogP contribution is -2.44. The van der Waals surface area contributed by atoms with E-state index in [1.54, 1.807) is 31.2 Å². The smallest absolute Gasteiger partial charge is 0.338 e. The molecule has 0 aliphatic heterocycles. The topological polar surface area (TPSA) is 84.4 Å². The summed E-state index contributed by atoms with van der Waals surface area (Å²) in [5, 5.41) is 3.15. The van der Waals surface area contributed by atoms with Crippen molar-refractivity contribution in [3.63, 3.8) is 0 Å². The first kappa shape index (κ1) is 18.5. The molecule has 0 saturated carbocycles. The van der Waals surface area contributed by atoms with Crippen LogP contribution >= 0.6 is 12.2 Å². The Morgan fingerprint density at radius 3 is 2.48 bits per heavy atom. The number of nitrogens with zero attached hydrogens (tertiary/aromatic N) is 1. The summed E-state index contributed by atoms with van der Waals surface area (Å²) in [5.41, 5.74) is 7.21. The average Bonchev–Trinajstić information content (AvgIpc) is 2.99. The summed E-state index contributed by atoms with van der Waals surface area (Å²) in [5.74, 6) is -0.578. The van der Waals surface area contributed by atoms with Crippen LogP contribution in [0.5, 0.6) is 0 Å². The molecule has 2 aromatic rings. The molecule has 3 N–H and O–H groups in total. The Kier molecular flexibility index (Phi) is 6.53. The summed E-state index contributed by atoms with van der Waals surface area (Å²) >= 11 is 5.12. The number of amides is 1. The zero-order valence-corrected chi connectivity index (χ0v) is 14.9. The third-order valence-electron chi connectivity index (χ3n) is 3.36. The van der Waals surface area contributed by atoms with E-state index in [0.29, 0.717) is 17.9 Å². The van der Waals surface area contributed by atoms with Crippen LogP contribution in [0.1, 0.15) is 23.0 Å².